The fraction of sp³-hybridized carbons (Fsp3) is 0.444. The van der Waals surface area contributed by atoms with E-state index in [0.717, 1.165) is 6.42 Å². The van der Waals surface area contributed by atoms with Gasteiger partial charge in [0.25, 0.3) is 11.8 Å². The second-order valence-electron chi connectivity index (χ2n) is 9.29. The van der Waals surface area contributed by atoms with Gasteiger partial charge >= 0.3 is 0 Å². The average Bonchev–Trinajstić information content (AvgIpc) is 3.27. The van der Waals surface area contributed by atoms with Crippen LogP contribution < -0.4 is 10.1 Å². The van der Waals surface area contributed by atoms with Crippen molar-refractivity contribution in [1.82, 2.24) is 15.1 Å². The van der Waals surface area contributed by atoms with Gasteiger partial charge in [0.1, 0.15) is 23.3 Å². The van der Waals surface area contributed by atoms with E-state index in [1.807, 2.05) is 13.8 Å². The fourth-order valence-electron chi connectivity index (χ4n) is 4.71. The van der Waals surface area contributed by atoms with E-state index in [1.54, 1.807) is 36.3 Å². The molecule has 2 aromatic carbocycles. The number of benzene rings is 2. The molecule has 2 aliphatic rings. The highest BCUT2D eigenvalue weighted by atomic mass is 19.1. The Morgan fingerprint density at radius 1 is 1.06 bits per heavy atom. The SMILES string of the molecule is CC[C@@H](C)NC(=O)[C@H]1COC2(CCN(C(=O)c3ccc(OC)cc3)CC2)N1C(=O)c1ccc(F)cc1. The highest BCUT2D eigenvalue weighted by Crippen LogP contribution is 2.39. The van der Waals surface area contributed by atoms with Crippen molar-refractivity contribution < 1.29 is 28.2 Å². The minimum atomic E-state index is -1.03. The molecule has 192 valence electrons. The fourth-order valence-corrected chi connectivity index (χ4v) is 4.71. The van der Waals surface area contributed by atoms with E-state index in [-0.39, 0.29) is 30.0 Å². The number of hydrogen-bond donors (Lipinski definition) is 1. The number of nitrogens with zero attached hydrogens (tertiary/aromatic N) is 2. The molecular formula is C27H32FN3O5. The molecule has 9 heteroatoms. The molecule has 8 nitrogen and oxygen atoms in total. The Balaban J connectivity index is 1.55. The molecular weight excluding hydrogens is 465 g/mol. The lowest BCUT2D eigenvalue weighted by Gasteiger charge is -2.44. The third-order valence-corrected chi connectivity index (χ3v) is 7.04. The number of halogens is 1. The van der Waals surface area contributed by atoms with E-state index in [4.69, 9.17) is 9.47 Å². The molecule has 1 spiro atoms. The van der Waals surface area contributed by atoms with Crippen molar-refractivity contribution in [3.05, 3.63) is 65.5 Å². The van der Waals surface area contributed by atoms with Gasteiger partial charge in [0.05, 0.1) is 13.7 Å². The van der Waals surface area contributed by atoms with Gasteiger partial charge in [-0.1, -0.05) is 6.92 Å². The Bertz CT molecular complexity index is 1100. The summed E-state index contributed by atoms with van der Waals surface area (Å²) in [5.74, 6) is -0.580. The molecule has 2 heterocycles. The van der Waals surface area contributed by atoms with Crippen LogP contribution in [0.15, 0.2) is 48.5 Å². The Kier molecular flexibility index (Phi) is 7.59. The number of nitrogens with one attached hydrogen (secondary N) is 1. The van der Waals surface area contributed by atoms with Crippen molar-refractivity contribution >= 4 is 17.7 Å². The summed E-state index contributed by atoms with van der Waals surface area (Å²) < 4.78 is 24.9. The normalized spacial score (nSPS) is 19.7. The molecule has 0 aliphatic carbocycles. The molecule has 2 aliphatic heterocycles. The molecule has 36 heavy (non-hydrogen) atoms. The number of ether oxygens (including phenoxy) is 2. The smallest absolute Gasteiger partial charge is 0.256 e. The molecule has 2 fully saturated rings. The van der Waals surface area contributed by atoms with Gasteiger partial charge in [-0.15, -0.1) is 0 Å². The van der Waals surface area contributed by atoms with Crippen LogP contribution in [0.3, 0.4) is 0 Å². The number of rotatable bonds is 6. The van der Waals surface area contributed by atoms with Gasteiger partial charge in [-0.2, -0.15) is 0 Å². The van der Waals surface area contributed by atoms with Crippen molar-refractivity contribution in [3.8, 4) is 5.75 Å². The average molecular weight is 498 g/mol. The third kappa shape index (κ3) is 5.06. The summed E-state index contributed by atoms with van der Waals surface area (Å²) >= 11 is 0. The first-order valence-corrected chi connectivity index (χ1v) is 12.2. The van der Waals surface area contributed by atoms with E-state index >= 15 is 0 Å². The van der Waals surface area contributed by atoms with Crippen LogP contribution in [0.25, 0.3) is 0 Å². The number of amides is 3. The van der Waals surface area contributed by atoms with Gasteiger partial charge in [-0.05, 0) is 61.9 Å². The minimum absolute atomic E-state index is 0.0548. The molecule has 2 aromatic rings. The molecule has 0 unspecified atom stereocenters. The van der Waals surface area contributed by atoms with Crippen LogP contribution in [0.4, 0.5) is 4.39 Å². The second-order valence-corrected chi connectivity index (χ2v) is 9.29. The number of hydrogen-bond acceptors (Lipinski definition) is 5. The van der Waals surface area contributed by atoms with Gasteiger partial charge < -0.3 is 19.7 Å². The maximum absolute atomic E-state index is 13.7. The number of methoxy groups -OCH3 is 1. The Morgan fingerprint density at radius 2 is 1.64 bits per heavy atom. The van der Waals surface area contributed by atoms with Crippen molar-refractivity contribution in [2.75, 3.05) is 26.8 Å². The quantitative estimate of drug-likeness (QED) is 0.662. The predicted octanol–water partition coefficient (Wildman–Crippen LogP) is 3.22. The molecule has 2 atom stereocenters. The largest absolute Gasteiger partial charge is 0.497 e. The molecule has 0 saturated carbocycles. The van der Waals surface area contributed by atoms with Crippen molar-refractivity contribution in [2.45, 2.75) is 50.9 Å². The highest BCUT2D eigenvalue weighted by Gasteiger charge is 2.54. The van der Waals surface area contributed by atoms with Crippen LogP contribution in [0, 0.1) is 5.82 Å². The first kappa shape index (κ1) is 25.6. The topological polar surface area (TPSA) is 88.2 Å². The summed E-state index contributed by atoms with van der Waals surface area (Å²) in [4.78, 5) is 43.1. The van der Waals surface area contributed by atoms with Crippen molar-refractivity contribution in [1.29, 1.82) is 0 Å². The maximum Gasteiger partial charge on any atom is 0.256 e. The van der Waals surface area contributed by atoms with E-state index in [9.17, 15) is 18.8 Å². The summed E-state index contributed by atoms with van der Waals surface area (Å²) in [5, 5.41) is 2.95. The summed E-state index contributed by atoms with van der Waals surface area (Å²) in [6.07, 6.45) is 1.46. The molecule has 0 radical (unpaired) electrons. The molecule has 3 amide bonds. The maximum atomic E-state index is 13.7. The van der Waals surface area contributed by atoms with Crippen LogP contribution in [0.2, 0.25) is 0 Å². The van der Waals surface area contributed by atoms with E-state index in [0.29, 0.717) is 37.2 Å². The van der Waals surface area contributed by atoms with E-state index < -0.39 is 23.5 Å². The first-order valence-electron chi connectivity index (χ1n) is 12.2. The Hall–Kier alpha value is -3.46. The standard InChI is InChI=1S/C27H32FN3O5/c1-4-18(2)29-24(32)23-17-36-27(31(23)26(34)20-5-9-21(28)10-6-20)13-15-30(16-14-27)25(33)19-7-11-22(35-3)12-8-19/h5-12,18,23H,4,13-17H2,1-3H3,(H,29,32)/t18-,23-/m1/s1. The van der Waals surface area contributed by atoms with Crippen LogP contribution in [-0.2, 0) is 9.53 Å². The zero-order valence-corrected chi connectivity index (χ0v) is 20.8. The number of piperidine rings is 1. The summed E-state index contributed by atoms with van der Waals surface area (Å²) in [7, 11) is 1.57. The molecule has 1 N–H and O–H groups in total. The summed E-state index contributed by atoms with van der Waals surface area (Å²) in [6.45, 7) is 4.64. The number of likely N-dealkylation sites (tertiary alicyclic amines) is 1. The Labute approximate surface area is 210 Å². The van der Waals surface area contributed by atoms with Crippen molar-refractivity contribution in [3.63, 3.8) is 0 Å². The molecule has 4 rings (SSSR count). The van der Waals surface area contributed by atoms with Gasteiger partial charge in [-0.25, -0.2) is 4.39 Å². The van der Waals surface area contributed by atoms with E-state index in [2.05, 4.69) is 5.32 Å². The van der Waals surface area contributed by atoms with Gasteiger partial charge in [0.15, 0.2) is 0 Å². The zero-order valence-electron chi connectivity index (χ0n) is 20.8. The van der Waals surface area contributed by atoms with E-state index in [1.165, 1.54) is 29.2 Å². The summed E-state index contributed by atoms with van der Waals surface area (Å²) in [5.41, 5.74) is -0.205. The predicted molar refractivity (Wildman–Crippen MR) is 131 cm³/mol. The lowest BCUT2D eigenvalue weighted by molar-refractivity contribution is -0.128. The molecule has 0 bridgehead atoms. The molecule has 2 saturated heterocycles. The van der Waals surface area contributed by atoms with Crippen LogP contribution in [0.1, 0.15) is 53.8 Å². The monoisotopic (exact) mass is 497 g/mol. The van der Waals surface area contributed by atoms with Gasteiger partial charge in [0, 0.05) is 43.1 Å². The second kappa shape index (κ2) is 10.7. The highest BCUT2D eigenvalue weighted by molar-refractivity contribution is 5.98. The van der Waals surface area contributed by atoms with Crippen LogP contribution >= 0.6 is 0 Å². The molecule has 0 aromatic heterocycles. The van der Waals surface area contributed by atoms with Crippen LogP contribution in [0.5, 0.6) is 5.75 Å². The zero-order chi connectivity index (χ0) is 25.9. The third-order valence-electron chi connectivity index (χ3n) is 7.04. The minimum Gasteiger partial charge on any atom is -0.497 e. The van der Waals surface area contributed by atoms with Crippen LogP contribution in [-0.4, -0.2) is 72.1 Å². The lowest BCUT2D eigenvalue weighted by Crippen LogP contribution is -2.60. The van der Waals surface area contributed by atoms with Crippen molar-refractivity contribution in [2.24, 2.45) is 0 Å². The summed E-state index contributed by atoms with van der Waals surface area (Å²) in [6, 6.07) is 11.3. The Morgan fingerprint density at radius 3 is 2.22 bits per heavy atom. The van der Waals surface area contributed by atoms with Gasteiger partial charge in [-0.3, -0.25) is 19.3 Å². The first-order chi connectivity index (χ1) is 17.3. The number of carbonyl (C=O) groups is 3. The van der Waals surface area contributed by atoms with Gasteiger partial charge in [0.2, 0.25) is 5.91 Å². The lowest BCUT2D eigenvalue weighted by atomic mass is 9.96. The number of carbonyl (C=O) groups excluding carboxylic acids is 3.